The van der Waals surface area contributed by atoms with Crippen molar-refractivity contribution in [2.45, 2.75) is 79.8 Å². The molecule has 4 unspecified atom stereocenters. The lowest BCUT2D eigenvalue weighted by atomic mass is 10.0. The molecule has 0 spiro atoms. The number of carbonyl (C=O) groups excluding carboxylic acids is 4. The lowest BCUT2D eigenvalue weighted by Gasteiger charge is -2.09. The number of fused-ring (bicyclic) bond motifs is 4. The number of benzene rings is 4. The summed E-state index contributed by atoms with van der Waals surface area (Å²) in [5.74, 6) is -5.30. The third kappa shape index (κ3) is 14.5. The van der Waals surface area contributed by atoms with E-state index in [-0.39, 0.29) is 96.4 Å². The van der Waals surface area contributed by atoms with Crippen LogP contribution in [0.25, 0.3) is 22.6 Å². The van der Waals surface area contributed by atoms with E-state index in [2.05, 4.69) is 83.7 Å². The van der Waals surface area contributed by atoms with Crippen molar-refractivity contribution in [3.63, 3.8) is 0 Å². The van der Waals surface area contributed by atoms with Crippen LogP contribution in [0.2, 0.25) is 10.0 Å². The first-order valence-corrected chi connectivity index (χ1v) is 31.3. The lowest BCUT2D eigenvalue weighted by Crippen LogP contribution is -2.10. The van der Waals surface area contributed by atoms with Gasteiger partial charge in [0.15, 0.2) is 0 Å². The Labute approximate surface area is 599 Å². The van der Waals surface area contributed by atoms with Gasteiger partial charge in [-0.2, -0.15) is 0 Å². The maximum Gasteiger partial charge on any atom is 0.211 e. The maximum atomic E-state index is 14.1. The standard InChI is InChI=1S/C17H14BrClN2O3.C17H14BrClN2O2.C17H14BrFN2O3.C17H14BrFN2O2/c1-8-12(18)5-10(6-13(8)19)17(24)16-15(9(2)22)20-14-7-11(23)3-4-21(14)16;1-9-12(18)7-11(8-13(9)19)17(23)16-15(10(2)22)20-14-5-3-4-6-21(14)16;1-8-12(18)5-10(6-13(8)19)17(24)16-15(9(2)22)20-14-7-11(23)3-4-21(14)16;1-9-12(18)7-11(8-13(9)19)17(23)16-15(10(2)22)20-14-5-3-4-6-21(14)16/h3-7,9,22-23H,1-2H3;3-8,10,22H,1-2H3;3-7,9,22-23H,1-2H3;3-8,10,22H,1-2H3/i3D,4D,7D;3D,4D,5D,6D;3D,4D,7D;3D,4D,5D,6D. The highest BCUT2D eigenvalue weighted by Crippen LogP contribution is 2.34. The second kappa shape index (κ2) is 29.0. The molecule has 94 heavy (non-hydrogen) atoms. The van der Waals surface area contributed by atoms with Crippen LogP contribution in [0.4, 0.5) is 8.78 Å². The van der Waals surface area contributed by atoms with E-state index in [0.717, 1.165) is 40.9 Å². The zero-order valence-electron chi connectivity index (χ0n) is 63.8. The molecule has 18 nitrogen and oxygen atoms in total. The molecule has 8 aromatic heterocycles. The molecule has 0 saturated carbocycles. The SMILES string of the molecule is [2H]c1c(O)c([2H])c2nc(C(C)O)c(C(=O)c3cc(Cl)c(C)c(Br)c3)n2c1[2H].[2H]c1c(O)c([2H])c2nc(C(C)O)c(C(=O)c3cc(F)c(C)c(Br)c3)n2c1[2H].[2H]c1c([2H])c([2H])n2c(C(=O)c3cc(Cl)c(C)c(Br)c3)c(C(C)O)nc2c1[2H].[2H]c1c([2H])c([2H])n2c(C(=O)c3cc(F)c(C)c(Br)c3)c(C(C)O)nc2c1[2H]. The van der Waals surface area contributed by atoms with E-state index in [1.807, 2.05) is 0 Å². The van der Waals surface area contributed by atoms with Crippen LogP contribution in [0.3, 0.4) is 0 Å². The molecule has 0 aliphatic rings. The summed E-state index contributed by atoms with van der Waals surface area (Å²) < 4.78 is 145. The molecular formula is C68H56Br4Cl2F2N8O10. The lowest BCUT2D eigenvalue weighted by molar-refractivity contribution is 0.101. The fraction of sp³-hybridized carbons (Fsp3) is 0.176. The summed E-state index contributed by atoms with van der Waals surface area (Å²) in [6, 6.07) is 5.79. The number of aliphatic hydroxyl groups is 4. The Kier molecular flexibility index (Phi) is 16.5. The summed E-state index contributed by atoms with van der Waals surface area (Å²) in [6.07, 6.45) is -6.85. The number of ketones is 4. The molecular weight excluding hydrogens is 1520 g/mol. The van der Waals surface area contributed by atoms with E-state index in [4.69, 9.17) is 42.4 Å². The average Bonchev–Trinajstić information content (AvgIpc) is 1.60. The van der Waals surface area contributed by atoms with Gasteiger partial charge in [0.05, 0.1) is 66.4 Å². The monoisotopic (exact) mass is 1580 g/mol. The van der Waals surface area contributed by atoms with Crippen molar-refractivity contribution in [2.75, 3.05) is 0 Å². The summed E-state index contributed by atoms with van der Waals surface area (Å²) in [6.45, 7) is 12.1. The highest BCUT2D eigenvalue weighted by molar-refractivity contribution is 9.11. The van der Waals surface area contributed by atoms with E-state index in [1.165, 1.54) is 58.9 Å². The van der Waals surface area contributed by atoms with Gasteiger partial charge in [-0.05, 0) is 162 Å². The molecule has 4 atom stereocenters. The van der Waals surface area contributed by atoms with Crippen LogP contribution in [0.5, 0.6) is 11.5 Å². The molecule has 0 amide bonds. The predicted molar refractivity (Wildman–Crippen MR) is 366 cm³/mol. The third-order valence-electron chi connectivity index (χ3n) is 14.1. The second-order valence-corrected chi connectivity index (χ2v) is 24.9. The molecule has 0 aliphatic heterocycles. The highest BCUT2D eigenvalue weighted by Gasteiger charge is 2.29. The minimum Gasteiger partial charge on any atom is -0.508 e. The zero-order chi connectivity index (χ0) is 80.8. The highest BCUT2D eigenvalue weighted by atomic mass is 79.9. The number of halogens is 8. The summed E-state index contributed by atoms with van der Waals surface area (Å²) in [7, 11) is 0. The molecule has 8 heterocycles. The van der Waals surface area contributed by atoms with Crippen molar-refractivity contribution in [2.24, 2.45) is 0 Å². The van der Waals surface area contributed by atoms with Crippen LogP contribution >= 0.6 is 86.9 Å². The van der Waals surface area contributed by atoms with Crippen molar-refractivity contribution in [3.05, 3.63) is 263 Å². The number of hydrogen-bond acceptors (Lipinski definition) is 14. The summed E-state index contributed by atoms with van der Waals surface area (Å²) >= 11 is 25.4. The van der Waals surface area contributed by atoms with Crippen molar-refractivity contribution in [1.82, 2.24) is 37.5 Å². The minimum atomic E-state index is -1.24. The number of aliphatic hydroxyl groups excluding tert-OH is 4. The zero-order valence-corrected chi connectivity index (χ0v) is 57.7. The molecule has 0 aliphatic carbocycles. The van der Waals surface area contributed by atoms with Crippen molar-refractivity contribution < 1.29 is 77.8 Å². The second-order valence-electron chi connectivity index (χ2n) is 20.7. The normalized spacial score (nSPS) is 14.6. The van der Waals surface area contributed by atoms with Crippen LogP contribution < -0.4 is 0 Å². The fourth-order valence-corrected chi connectivity index (χ4v) is 11.5. The van der Waals surface area contributed by atoms with Crippen LogP contribution in [0.1, 0.15) is 181 Å². The topological polar surface area (TPSA) is 259 Å². The molecule has 0 radical (unpaired) electrons. The molecule has 0 bridgehead atoms. The first-order valence-electron chi connectivity index (χ1n) is 34.4. The van der Waals surface area contributed by atoms with Gasteiger partial charge in [-0.25, -0.2) is 28.7 Å². The van der Waals surface area contributed by atoms with Gasteiger partial charge in [0, 0.05) is 87.0 Å². The van der Waals surface area contributed by atoms with Crippen LogP contribution in [-0.2, 0) is 0 Å². The Bertz CT molecular complexity index is 5070. The first kappa shape index (κ1) is 53.4. The molecule has 12 aromatic rings. The van der Waals surface area contributed by atoms with Gasteiger partial charge in [0.1, 0.15) is 68.5 Å². The Hall–Kier alpha value is -7.88. The third-order valence-corrected chi connectivity index (χ3v) is 18.2. The van der Waals surface area contributed by atoms with Gasteiger partial charge in [0.2, 0.25) is 23.1 Å². The average molecular weight is 1590 g/mol. The Morgan fingerprint density at radius 2 is 0.691 bits per heavy atom. The number of pyridine rings is 4. The number of carbonyl (C=O) groups is 4. The summed E-state index contributed by atoms with van der Waals surface area (Å²) in [5.41, 5.74) is 0.569. The van der Waals surface area contributed by atoms with E-state index < -0.39 is 150 Å². The molecule has 4 aromatic carbocycles. The number of imidazole rings is 4. The number of hydrogen-bond donors (Lipinski definition) is 6. The first-order chi connectivity index (χ1) is 50.2. The molecule has 6 N–H and O–H groups in total. The van der Waals surface area contributed by atoms with Gasteiger partial charge in [-0.3, -0.25) is 36.8 Å². The summed E-state index contributed by atoms with van der Waals surface area (Å²) in [4.78, 5) is 68.9. The number of rotatable bonds is 12. The molecule has 0 fully saturated rings. The van der Waals surface area contributed by atoms with Gasteiger partial charge in [-0.15, -0.1) is 0 Å². The molecule has 12 rings (SSSR count). The van der Waals surface area contributed by atoms with Crippen LogP contribution in [0.15, 0.2) is 152 Å². The van der Waals surface area contributed by atoms with Crippen molar-refractivity contribution in [1.29, 1.82) is 0 Å². The van der Waals surface area contributed by atoms with Crippen molar-refractivity contribution >= 4 is 133 Å². The number of aromatic nitrogens is 8. The molecule has 26 heteroatoms. The smallest absolute Gasteiger partial charge is 0.211 e. The van der Waals surface area contributed by atoms with Crippen LogP contribution in [0, 0.1) is 39.3 Å². The van der Waals surface area contributed by atoms with Gasteiger partial charge >= 0.3 is 0 Å². The van der Waals surface area contributed by atoms with E-state index in [9.17, 15) is 58.6 Å². The van der Waals surface area contributed by atoms with Crippen molar-refractivity contribution in [3.8, 4) is 11.5 Å². The molecule has 484 valence electrons. The van der Waals surface area contributed by atoms with Gasteiger partial charge in [-0.1, -0.05) is 99.0 Å². The Morgan fingerprint density at radius 1 is 0.426 bits per heavy atom. The van der Waals surface area contributed by atoms with Gasteiger partial charge in [0.25, 0.3) is 0 Å². The van der Waals surface area contributed by atoms with Gasteiger partial charge < -0.3 is 30.6 Å². The quantitative estimate of drug-likeness (QED) is 0.0622. The predicted octanol–water partition coefficient (Wildman–Crippen LogP) is 15.8. The molecule has 0 saturated heterocycles. The van der Waals surface area contributed by atoms with Crippen LogP contribution in [-0.4, -0.2) is 91.3 Å². The van der Waals surface area contributed by atoms with E-state index >= 15 is 0 Å². The summed E-state index contributed by atoms with van der Waals surface area (Å²) in [5, 5.41) is 60.7. The Balaban J connectivity index is 0.000000166. The number of nitrogens with zero attached hydrogens (tertiary/aromatic N) is 8. The van der Waals surface area contributed by atoms with E-state index in [0.29, 0.717) is 39.1 Å². The maximum absolute atomic E-state index is 14.1. The minimum absolute atomic E-state index is 0.0279. The fourth-order valence-electron chi connectivity index (χ4n) is 9.04. The van der Waals surface area contributed by atoms with E-state index in [1.54, 1.807) is 32.9 Å². The number of aromatic hydroxyl groups is 2. The largest absolute Gasteiger partial charge is 0.508 e. The Morgan fingerprint density at radius 3 is 0.968 bits per heavy atom.